The van der Waals surface area contributed by atoms with Crippen molar-refractivity contribution in [1.82, 2.24) is 0 Å². The minimum absolute atomic E-state index is 0.416. The first-order valence-electron chi connectivity index (χ1n) is 7.49. The Labute approximate surface area is 119 Å². The van der Waals surface area contributed by atoms with Gasteiger partial charge in [-0.3, -0.25) is 0 Å². The second-order valence-corrected chi connectivity index (χ2v) is 5.31. The van der Waals surface area contributed by atoms with Crippen LogP contribution in [0.4, 0.5) is 4.39 Å². The van der Waals surface area contributed by atoms with Gasteiger partial charge in [-0.1, -0.05) is 39.0 Å². The van der Waals surface area contributed by atoms with Gasteiger partial charge in [-0.2, -0.15) is 0 Å². The fourth-order valence-corrected chi connectivity index (χ4v) is 2.30. The summed E-state index contributed by atoms with van der Waals surface area (Å²) in [5, 5.41) is 28.7. The number of halogens is 1. The van der Waals surface area contributed by atoms with Gasteiger partial charge in [0.15, 0.2) is 6.29 Å². The monoisotopic (exact) mass is 294 g/mol. The number of hydrogen-bond acceptors (Lipinski definition) is 5. The highest BCUT2D eigenvalue weighted by Gasteiger charge is 2.46. The molecule has 1 saturated heterocycles. The summed E-state index contributed by atoms with van der Waals surface area (Å²) in [6.45, 7) is 1.55. The lowest BCUT2D eigenvalue weighted by atomic mass is 10.1. The first-order chi connectivity index (χ1) is 9.61. The molecule has 0 radical (unpaired) electrons. The van der Waals surface area contributed by atoms with Gasteiger partial charge in [0, 0.05) is 6.61 Å². The van der Waals surface area contributed by atoms with E-state index < -0.39 is 37.4 Å². The molecule has 5 atom stereocenters. The highest BCUT2D eigenvalue weighted by atomic mass is 19.1. The van der Waals surface area contributed by atoms with Crippen molar-refractivity contribution in [2.24, 2.45) is 0 Å². The molecule has 6 heteroatoms. The van der Waals surface area contributed by atoms with Crippen LogP contribution in [-0.2, 0) is 9.47 Å². The molecule has 0 saturated carbocycles. The molecule has 0 amide bonds. The molecule has 0 aromatic heterocycles. The fraction of sp³-hybridized carbons (Fsp3) is 1.00. The van der Waals surface area contributed by atoms with Crippen LogP contribution in [0.5, 0.6) is 0 Å². The van der Waals surface area contributed by atoms with Gasteiger partial charge in [0.1, 0.15) is 31.1 Å². The third kappa shape index (κ3) is 5.26. The van der Waals surface area contributed by atoms with Crippen molar-refractivity contribution in [2.75, 3.05) is 13.3 Å². The average molecular weight is 294 g/mol. The molecule has 0 aromatic carbocycles. The molecule has 20 heavy (non-hydrogen) atoms. The predicted molar refractivity (Wildman–Crippen MR) is 72.0 cm³/mol. The van der Waals surface area contributed by atoms with E-state index in [-0.39, 0.29) is 0 Å². The average Bonchev–Trinajstić information content (AvgIpc) is 2.74. The van der Waals surface area contributed by atoms with Gasteiger partial charge in [0.05, 0.1) is 0 Å². The number of aliphatic hydroxyl groups is 3. The van der Waals surface area contributed by atoms with Crippen LogP contribution in [0.25, 0.3) is 0 Å². The quantitative estimate of drug-likeness (QED) is 0.527. The van der Waals surface area contributed by atoms with Crippen LogP contribution in [0.15, 0.2) is 0 Å². The molecule has 0 unspecified atom stereocenters. The van der Waals surface area contributed by atoms with E-state index in [1.54, 1.807) is 0 Å². The topological polar surface area (TPSA) is 79.2 Å². The van der Waals surface area contributed by atoms with Gasteiger partial charge in [-0.25, -0.2) is 4.39 Å². The summed E-state index contributed by atoms with van der Waals surface area (Å²) in [6, 6.07) is 0. The summed E-state index contributed by atoms with van der Waals surface area (Å²) in [6.07, 6.45) is 0.551. The lowest BCUT2D eigenvalue weighted by Crippen LogP contribution is -2.39. The van der Waals surface area contributed by atoms with Crippen LogP contribution in [0.3, 0.4) is 0 Å². The van der Waals surface area contributed by atoms with Gasteiger partial charge in [-0.15, -0.1) is 0 Å². The van der Waals surface area contributed by atoms with Crippen molar-refractivity contribution in [1.29, 1.82) is 0 Å². The molecule has 1 rings (SSSR count). The Morgan fingerprint density at radius 2 is 1.75 bits per heavy atom. The SMILES string of the molecule is CCCCCCCCO[C@@H]1O[C@@H]([C@H](O)CF)[C@H](O)[C@H]1O. The Hall–Kier alpha value is -0.270. The Morgan fingerprint density at radius 3 is 2.40 bits per heavy atom. The van der Waals surface area contributed by atoms with Gasteiger partial charge >= 0.3 is 0 Å². The number of alkyl halides is 1. The first kappa shape index (κ1) is 17.8. The molecular formula is C14H27FO5. The van der Waals surface area contributed by atoms with Crippen LogP contribution < -0.4 is 0 Å². The zero-order valence-corrected chi connectivity index (χ0v) is 12.1. The highest BCUT2D eigenvalue weighted by Crippen LogP contribution is 2.25. The van der Waals surface area contributed by atoms with Gasteiger partial charge in [-0.05, 0) is 6.42 Å². The van der Waals surface area contributed by atoms with Crippen LogP contribution in [0.2, 0.25) is 0 Å². The number of unbranched alkanes of at least 4 members (excludes halogenated alkanes) is 5. The van der Waals surface area contributed by atoms with Crippen LogP contribution in [-0.4, -0.2) is 59.3 Å². The zero-order chi connectivity index (χ0) is 15.0. The van der Waals surface area contributed by atoms with E-state index in [1.165, 1.54) is 19.3 Å². The van der Waals surface area contributed by atoms with Crippen molar-refractivity contribution in [2.45, 2.75) is 76.2 Å². The Bertz CT molecular complexity index is 254. The second kappa shape index (κ2) is 9.63. The van der Waals surface area contributed by atoms with E-state index in [0.29, 0.717) is 6.61 Å². The lowest BCUT2D eigenvalue weighted by molar-refractivity contribution is -0.179. The molecule has 0 bridgehead atoms. The molecule has 1 heterocycles. The smallest absolute Gasteiger partial charge is 0.186 e. The molecule has 0 aromatic rings. The molecule has 1 fully saturated rings. The summed E-state index contributed by atoms with van der Waals surface area (Å²) < 4.78 is 22.9. The molecule has 5 nitrogen and oxygen atoms in total. The van der Waals surface area contributed by atoms with Crippen molar-refractivity contribution in [3.8, 4) is 0 Å². The maximum atomic E-state index is 12.4. The summed E-state index contributed by atoms with van der Waals surface area (Å²) in [5.74, 6) is 0. The van der Waals surface area contributed by atoms with Crippen molar-refractivity contribution in [3.05, 3.63) is 0 Å². The second-order valence-electron chi connectivity index (χ2n) is 5.31. The summed E-state index contributed by atoms with van der Waals surface area (Å²) >= 11 is 0. The van der Waals surface area contributed by atoms with Gasteiger partial charge < -0.3 is 24.8 Å². The lowest BCUT2D eigenvalue weighted by Gasteiger charge is -2.17. The van der Waals surface area contributed by atoms with Crippen LogP contribution in [0.1, 0.15) is 45.4 Å². The van der Waals surface area contributed by atoms with Crippen LogP contribution in [0, 0.1) is 0 Å². The maximum Gasteiger partial charge on any atom is 0.186 e. The third-order valence-electron chi connectivity index (χ3n) is 3.57. The molecule has 1 aliphatic heterocycles. The number of ether oxygens (including phenoxy) is 2. The Kier molecular flexibility index (Phi) is 8.56. The van der Waals surface area contributed by atoms with Gasteiger partial charge in [0.25, 0.3) is 0 Å². The summed E-state index contributed by atoms with van der Waals surface area (Å²) in [7, 11) is 0. The van der Waals surface area contributed by atoms with Crippen LogP contribution >= 0.6 is 0 Å². The number of rotatable bonds is 10. The van der Waals surface area contributed by atoms with E-state index in [9.17, 15) is 19.7 Å². The Balaban J connectivity index is 2.17. The van der Waals surface area contributed by atoms with E-state index in [4.69, 9.17) is 9.47 Å². The normalized spacial score (nSPS) is 31.6. The summed E-state index contributed by atoms with van der Waals surface area (Å²) in [5.41, 5.74) is 0. The fourth-order valence-electron chi connectivity index (χ4n) is 2.30. The van der Waals surface area contributed by atoms with Gasteiger partial charge in [0.2, 0.25) is 0 Å². The summed E-state index contributed by atoms with van der Waals surface area (Å²) in [4.78, 5) is 0. The minimum atomic E-state index is -1.44. The molecule has 0 aliphatic carbocycles. The van der Waals surface area contributed by atoms with E-state index >= 15 is 0 Å². The highest BCUT2D eigenvalue weighted by molar-refractivity contribution is 4.90. The number of aliphatic hydroxyl groups excluding tert-OH is 3. The van der Waals surface area contributed by atoms with E-state index in [2.05, 4.69) is 6.92 Å². The Morgan fingerprint density at radius 1 is 1.10 bits per heavy atom. The van der Waals surface area contributed by atoms with E-state index in [0.717, 1.165) is 19.3 Å². The molecule has 1 aliphatic rings. The molecule has 120 valence electrons. The first-order valence-corrected chi connectivity index (χ1v) is 7.49. The maximum absolute atomic E-state index is 12.4. The van der Waals surface area contributed by atoms with E-state index in [1.807, 2.05) is 0 Å². The predicted octanol–water partition coefficient (Wildman–Crippen LogP) is 1.14. The number of hydrogen-bond donors (Lipinski definition) is 3. The van der Waals surface area contributed by atoms with Crippen molar-refractivity contribution < 1.29 is 29.2 Å². The standard InChI is InChI=1S/C14H27FO5/c1-2-3-4-5-6-7-8-19-14-12(18)11(17)13(20-14)10(16)9-15/h10-14,16-18H,2-9H2,1H3/t10-,11-,12-,13+,14-/m1/s1. The van der Waals surface area contributed by atoms with Crippen molar-refractivity contribution in [3.63, 3.8) is 0 Å². The molecule has 0 spiro atoms. The minimum Gasteiger partial charge on any atom is -0.388 e. The largest absolute Gasteiger partial charge is 0.388 e. The molecule has 3 N–H and O–H groups in total. The zero-order valence-electron chi connectivity index (χ0n) is 12.1. The van der Waals surface area contributed by atoms with Crippen molar-refractivity contribution >= 4 is 0 Å². The third-order valence-corrected chi connectivity index (χ3v) is 3.57. The molecular weight excluding hydrogens is 267 g/mol.